The molecule has 0 spiro atoms. The van der Waals surface area contributed by atoms with E-state index < -0.39 is 51.6 Å². The zero-order chi connectivity index (χ0) is 33.6. The van der Waals surface area contributed by atoms with Crippen LogP contribution in [0.15, 0.2) is 79.9 Å². The van der Waals surface area contributed by atoms with Gasteiger partial charge in [0, 0.05) is 23.2 Å². The number of phenolic OH excluding ortho intramolecular Hbond substituents is 1. The van der Waals surface area contributed by atoms with Crippen LogP contribution < -0.4 is 15.2 Å². The maximum atomic E-state index is 12.2. The maximum Gasteiger partial charge on any atom is 0.335 e. The van der Waals surface area contributed by atoms with Crippen LogP contribution in [0.2, 0.25) is 0 Å². The molecule has 46 heavy (non-hydrogen) atoms. The highest BCUT2D eigenvalue weighted by Gasteiger charge is 2.23. The average Bonchev–Trinajstić information content (AvgIpc) is 3.01. The third-order valence-electron chi connectivity index (χ3n) is 6.04. The highest BCUT2D eigenvalue weighted by atomic mass is 32.2. The second kappa shape index (κ2) is 13.9. The van der Waals surface area contributed by atoms with Crippen molar-refractivity contribution in [3.63, 3.8) is 0 Å². The molecule has 18 heteroatoms. The fourth-order valence-electron chi connectivity index (χ4n) is 4.02. The van der Waals surface area contributed by atoms with E-state index in [1.807, 2.05) is 0 Å². The van der Waals surface area contributed by atoms with E-state index >= 15 is 0 Å². The van der Waals surface area contributed by atoms with Gasteiger partial charge in [-0.25, -0.2) is 9.59 Å². The number of hydrogen-bond donors (Lipinski definition) is 7. The van der Waals surface area contributed by atoms with Gasteiger partial charge in [0.15, 0.2) is 5.75 Å². The van der Waals surface area contributed by atoms with Gasteiger partial charge in [-0.15, -0.1) is 15.3 Å². The number of aromatic carboxylic acids is 2. The Morgan fingerprint density at radius 1 is 0.761 bits per heavy atom. The largest absolute Gasteiger partial charge is 0.505 e. The van der Waals surface area contributed by atoms with Gasteiger partial charge in [-0.1, -0.05) is 6.07 Å². The Morgan fingerprint density at radius 2 is 1.30 bits per heavy atom. The smallest absolute Gasteiger partial charge is 0.335 e. The Bertz CT molecular complexity index is 1960. The van der Waals surface area contributed by atoms with Crippen molar-refractivity contribution in [3.8, 4) is 17.2 Å². The second-order valence-corrected chi connectivity index (χ2v) is 10.6. The van der Waals surface area contributed by atoms with Crippen molar-refractivity contribution in [2.45, 2.75) is 4.90 Å². The number of nitrogens with two attached hydrogens (primary N) is 1. The molecule has 0 amide bonds. The number of aromatic hydroxyl groups is 1. The number of anilines is 1. The van der Waals surface area contributed by atoms with Crippen LogP contribution in [0.3, 0.4) is 0 Å². The molecule has 0 aliphatic rings. The van der Waals surface area contributed by atoms with Crippen molar-refractivity contribution >= 4 is 61.3 Å². The van der Waals surface area contributed by atoms with Gasteiger partial charge in [0.05, 0.1) is 30.0 Å². The summed E-state index contributed by atoms with van der Waals surface area (Å²) < 4.78 is 45.3. The monoisotopic (exact) mass is 655 g/mol. The minimum atomic E-state index is -4.93. The number of azo groups is 2. The molecule has 0 saturated carbocycles. The lowest BCUT2D eigenvalue weighted by Crippen LogP contribution is -2.04. The van der Waals surface area contributed by atoms with Gasteiger partial charge in [-0.2, -0.15) is 13.5 Å². The quantitative estimate of drug-likeness (QED) is 0.0600. The van der Waals surface area contributed by atoms with Gasteiger partial charge in [0.2, 0.25) is 0 Å². The first-order valence-corrected chi connectivity index (χ1v) is 14.4. The van der Waals surface area contributed by atoms with Gasteiger partial charge < -0.3 is 40.7 Å². The molecule has 0 radical (unpaired) electrons. The summed E-state index contributed by atoms with van der Waals surface area (Å²) >= 11 is 0. The number of nitrogen functional groups attached to an aromatic ring is 1. The molecular formula is C28H25N5O12S. The number of benzene rings is 4. The Morgan fingerprint density at radius 3 is 1.80 bits per heavy atom. The van der Waals surface area contributed by atoms with E-state index in [4.69, 9.17) is 15.2 Å². The van der Waals surface area contributed by atoms with Crippen molar-refractivity contribution in [2.75, 3.05) is 32.2 Å². The number of carbonyl (C=O) groups is 2. The number of ether oxygens (including phenoxy) is 2. The summed E-state index contributed by atoms with van der Waals surface area (Å²) in [6, 6.07) is 10.8. The van der Waals surface area contributed by atoms with E-state index in [2.05, 4.69) is 20.5 Å². The van der Waals surface area contributed by atoms with E-state index in [9.17, 15) is 48.1 Å². The molecule has 0 fully saturated rings. The van der Waals surface area contributed by atoms with E-state index in [1.165, 1.54) is 30.3 Å². The Labute approximate surface area is 259 Å². The van der Waals surface area contributed by atoms with E-state index in [0.717, 1.165) is 24.3 Å². The van der Waals surface area contributed by atoms with Crippen LogP contribution in [-0.2, 0) is 10.1 Å². The lowest BCUT2D eigenvalue weighted by molar-refractivity contribution is 0.0696. The molecule has 0 aliphatic carbocycles. The van der Waals surface area contributed by atoms with Crippen LogP contribution in [0, 0.1) is 0 Å². The van der Waals surface area contributed by atoms with Crippen molar-refractivity contribution < 1.29 is 57.6 Å². The molecule has 0 bridgehead atoms. The number of carboxylic acids is 2. The Hall–Kier alpha value is -5.69. The third-order valence-corrected chi connectivity index (χ3v) is 6.90. The molecule has 0 aromatic heterocycles. The van der Waals surface area contributed by atoms with Crippen LogP contribution in [0.1, 0.15) is 20.7 Å². The third kappa shape index (κ3) is 7.68. The number of fused-ring (bicyclic) bond motifs is 1. The highest BCUT2D eigenvalue weighted by molar-refractivity contribution is 7.86. The number of carboxylic acid groups (broad SMARTS) is 2. The second-order valence-electron chi connectivity index (χ2n) is 9.24. The number of nitrogens with zero attached hydrogens (tertiary/aromatic N) is 4. The lowest BCUT2D eigenvalue weighted by Gasteiger charge is -2.13. The molecule has 0 aliphatic heterocycles. The molecule has 0 unspecified atom stereocenters. The summed E-state index contributed by atoms with van der Waals surface area (Å²) in [5, 5.41) is 64.4. The number of rotatable bonds is 13. The number of aliphatic hydroxyl groups excluding tert-OH is 2. The van der Waals surface area contributed by atoms with E-state index in [-0.39, 0.29) is 69.4 Å². The maximum absolute atomic E-state index is 12.2. The van der Waals surface area contributed by atoms with E-state index in [1.54, 1.807) is 0 Å². The van der Waals surface area contributed by atoms with Crippen molar-refractivity contribution in [3.05, 3.63) is 65.7 Å². The molecule has 4 rings (SSSR count). The minimum Gasteiger partial charge on any atom is -0.505 e. The van der Waals surface area contributed by atoms with Gasteiger partial charge in [0.25, 0.3) is 10.1 Å². The van der Waals surface area contributed by atoms with Crippen LogP contribution in [-0.4, -0.2) is 76.9 Å². The predicted molar refractivity (Wildman–Crippen MR) is 160 cm³/mol. The molecule has 4 aromatic carbocycles. The summed E-state index contributed by atoms with van der Waals surface area (Å²) in [5.74, 6) is -3.68. The van der Waals surface area contributed by atoms with Gasteiger partial charge in [0.1, 0.15) is 46.7 Å². The molecular weight excluding hydrogens is 630 g/mol. The zero-order valence-electron chi connectivity index (χ0n) is 23.4. The van der Waals surface area contributed by atoms with Crippen LogP contribution >= 0.6 is 0 Å². The first kappa shape index (κ1) is 33.2. The zero-order valence-corrected chi connectivity index (χ0v) is 24.2. The summed E-state index contributed by atoms with van der Waals surface area (Å²) in [6.45, 7) is -1.41. The molecule has 17 nitrogen and oxygen atoms in total. The first-order valence-electron chi connectivity index (χ1n) is 13.0. The molecule has 240 valence electrons. The average molecular weight is 656 g/mol. The minimum absolute atomic E-state index is 0.0828. The van der Waals surface area contributed by atoms with Crippen molar-refractivity contribution in [1.82, 2.24) is 0 Å². The SMILES string of the molecule is Nc1ccc2cc(S(=O)(=O)O)c(N=Nc3cc(OCCO)c(N=Nc4cc(C(=O)O)cc(C(=O)O)c4)cc3OCCO)c(O)c2c1. The summed E-state index contributed by atoms with van der Waals surface area (Å²) in [7, 11) is -4.93. The molecule has 0 atom stereocenters. The molecule has 4 aromatic rings. The lowest BCUT2D eigenvalue weighted by atomic mass is 10.1. The van der Waals surface area contributed by atoms with Gasteiger partial charge >= 0.3 is 11.9 Å². The molecule has 8 N–H and O–H groups in total. The van der Waals surface area contributed by atoms with E-state index in [0.29, 0.717) is 0 Å². The summed E-state index contributed by atoms with van der Waals surface area (Å²) in [6.07, 6.45) is 0. The Kier molecular flexibility index (Phi) is 10.1. The molecule has 0 heterocycles. The fourth-order valence-corrected chi connectivity index (χ4v) is 4.68. The summed E-state index contributed by atoms with van der Waals surface area (Å²) in [4.78, 5) is 22.2. The van der Waals surface area contributed by atoms with Crippen LogP contribution in [0.25, 0.3) is 10.8 Å². The van der Waals surface area contributed by atoms with Gasteiger partial charge in [-0.05, 0) is 41.8 Å². The van der Waals surface area contributed by atoms with Crippen LogP contribution in [0.4, 0.5) is 28.4 Å². The van der Waals surface area contributed by atoms with Gasteiger partial charge in [-0.3, -0.25) is 4.55 Å². The molecule has 0 saturated heterocycles. The van der Waals surface area contributed by atoms with Crippen molar-refractivity contribution in [1.29, 1.82) is 0 Å². The van der Waals surface area contributed by atoms with Crippen LogP contribution in [0.5, 0.6) is 17.2 Å². The standard InChI is InChI=1S/C28H25N5O12S/c29-17-2-1-14-10-24(46(41,42)43)25(26(36)19(14)11-17)33-32-21-13-22(44-5-3-34)20(12-23(21)45-6-4-35)31-30-18-8-15(27(37)38)7-16(9-18)28(39)40/h1-2,7-13,34-36H,3-6,29H2,(H,37,38)(H,39,40)(H,41,42,43). The first-order chi connectivity index (χ1) is 21.8. The number of aliphatic hydroxyl groups is 2. The summed E-state index contributed by atoms with van der Waals surface area (Å²) in [5.41, 5.74) is 4.30. The van der Waals surface area contributed by atoms with Crippen molar-refractivity contribution in [2.24, 2.45) is 20.5 Å². The number of hydrogen-bond acceptors (Lipinski definition) is 14. The predicted octanol–water partition coefficient (Wildman–Crippen LogP) is 4.34. The normalized spacial score (nSPS) is 11.8. The topological polar surface area (TPSA) is 284 Å². The highest BCUT2D eigenvalue weighted by Crippen LogP contribution is 2.45. The fraction of sp³-hybridized carbons (Fsp3) is 0.143. The Balaban J connectivity index is 1.87. The number of phenols is 1.